The van der Waals surface area contributed by atoms with Crippen LogP contribution < -0.4 is 14.9 Å². The number of ether oxygens (including phenoxy) is 2. The van der Waals surface area contributed by atoms with E-state index in [9.17, 15) is 0 Å². The van der Waals surface area contributed by atoms with Gasteiger partial charge in [0.1, 0.15) is 28.8 Å². The van der Waals surface area contributed by atoms with Crippen molar-refractivity contribution in [3.8, 4) is 34.9 Å². The van der Waals surface area contributed by atoms with Crippen molar-refractivity contribution < 1.29 is 18.8 Å². The maximum absolute atomic E-state index is 9.13. The highest BCUT2D eigenvalue weighted by molar-refractivity contribution is 6.62. The van der Waals surface area contributed by atoms with Crippen molar-refractivity contribution in [3.05, 3.63) is 114 Å². The third-order valence-electron chi connectivity index (χ3n) is 7.46. The van der Waals surface area contributed by atoms with E-state index in [0.717, 1.165) is 50.0 Å². The second-order valence-corrected chi connectivity index (χ2v) is 12.1. The first kappa shape index (κ1) is 37.2. The normalized spacial score (nSPS) is 12.9. The topological polar surface area (TPSA) is 136 Å². The highest BCUT2D eigenvalue weighted by Crippen LogP contribution is 2.26. The first-order valence-corrected chi connectivity index (χ1v) is 15.6. The molecule has 0 spiro atoms. The van der Waals surface area contributed by atoms with Crippen LogP contribution in [0.4, 0.5) is 0 Å². The molecule has 0 N–H and O–H groups in total. The Labute approximate surface area is 297 Å². The molecule has 5 heterocycles. The number of pyridine rings is 4. The van der Waals surface area contributed by atoms with Crippen LogP contribution in [0.25, 0.3) is 33.1 Å². The average Bonchev–Trinajstić information content (AvgIpc) is 3.14. The molecule has 1 saturated heterocycles. The Bertz CT molecular complexity index is 2160. The number of rotatable bonds is 4. The lowest BCUT2D eigenvalue weighted by atomic mass is 9.74. The van der Waals surface area contributed by atoms with Gasteiger partial charge in [-0.05, 0) is 66.7 Å². The maximum Gasteiger partial charge on any atom is 0.495 e. The summed E-state index contributed by atoms with van der Waals surface area (Å²) in [6.07, 6.45) is 6.38. The van der Waals surface area contributed by atoms with E-state index in [4.69, 9.17) is 40.9 Å². The highest BCUT2D eigenvalue weighted by Gasteiger charge is 2.34. The number of halogens is 1. The lowest BCUT2D eigenvalue weighted by Gasteiger charge is -2.33. The summed E-state index contributed by atoms with van der Waals surface area (Å²) >= 11 is 5.75. The quantitative estimate of drug-likeness (QED) is 0.136. The number of fused-ring (bicyclic) bond motifs is 2. The van der Waals surface area contributed by atoms with E-state index in [2.05, 4.69) is 45.9 Å². The summed E-state index contributed by atoms with van der Waals surface area (Å²) in [4.78, 5) is 16.6. The molecule has 2 aromatic carbocycles. The van der Waals surface area contributed by atoms with Gasteiger partial charge in [-0.25, -0.2) is 9.97 Å². The zero-order valence-electron chi connectivity index (χ0n) is 27.4. The van der Waals surface area contributed by atoms with Gasteiger partial charge in [0.15, 0.2) is 0 Å². The number of methoxy groups -OCH3 is 2. The van der Waals surface area contributed by atoms with Crippen LogP contribution in [0.3, 0.4) is 0 Å². The smallest absolute Gasteiger partial charge is 0.495 e. The first-order valence-electron chi connectivity index (χ1n) is 15.2. The predicted molar refractivity (Wildman–Crippen MR) is 196 cm³/mol. The summed E-state index contributed by atoms with van der Waals surface area (Å²) in [7, 11) is 2.84. The van der Waals surface area contributed by atoms with E-state index >= 15 is 0 Å². The molecule has 6 aromatic rings. The minimum Gasteiger partial charge on any atom is -0.497 e. The number of hydrogen-bond acceptors (Lipinski definition) is 10. The molecule has 1 aliphatic rings. The van der Waals surface area contributed by atoms with Crippen LogP contribution >= 0.6 is 11.6 Å². The molecule has 4 aromatic heterocycles. The fourth-order valence-electron chi connectivity index (χ4n) is 4.87. The summed E-state index contributed by atoms with van der Waals surface area (Å²) in [5, 5.41) is 20.6. The molecule has 0 saturated carbocycles. The Kier molecular flexibility index (Phi) is 12.8. The largest absolute Gasteiger partial charge is 0.497 e. The molecule has 12 heteroatoms. The molecular weight excluding hydrogens is 651 g/mol. The highest BCUT2D eigenvalue weighted by atomic mass is 35.5. The van der Waals surface area contributed by atoms with Gasteiger partial charge in [-0.3, -0.25) is 9.97 Å². The summed E-state index contributed by atoms with van der Waals surface area (Å²) < 4.78 is 21.5. The fraction of sp³-hybridized carbons (Fsp3) is 0.211. The van der Waals surface area contributed by atoms with Gasteiger partial charge in [0, 0.05) is 65.2 Å². The molecule has 0 amide bonds. The molecule has 10 nitrogen and oxygen atoms in total. The van der Waals surface area contributed by atoms with Crippen molar-refractivity contribution in [2.45, 2.75) is 21.3 Å². The molecule has 7 rings (SSSR count). The zero-order chi connectivity index (χ0) is 34.8. The van der Waals surface area contributed by atoms with Crippen molar-refractivity contribution in [1.82, 2.24) is 19.9 Å². The summed E-state index contributed by atoms with van der Waals surface area (Å²) in [6, 6.07) is 26.8. The third-order valence-corrected chi connectivity index (χ3v) is 7.67. The zero-order valence-corrected chi connectivity index (χ0v) is 28.2. The lowest BCUT2D eigenvalue weighted by Crippen LogP contribution is -2.48. The molecule has 50 heavy (non-hydrogen) atoms. The van der Waals surface area contributed by atoms with E-state index < -0.39 is 7.12 Å². The second-order valence-electron chi connectivity index (χ2n) is 11.7. The second kappa shape index (κ2) is 17.2. The minimum atomic E-state index is -0.439. The van der Waals surface area contributed by atoms with Crippen molar-refractivity contribution in [2.75, 3.05) is 27.4 Å². The van der Waals surface area contributed by atoms with Gasteiger partial charge in [-0.1, -0.05) is 38.9 Å². The molecule has 1 aliphatic heterocycles. The van der Waals surface area contributed by atoms with Crippen LogP contribution in [0.2, 0.25) is 5.15 Å². The minimum absolute atomic E-state index is 0. The van der Waals surface area contributed by atoms with Crippen LogP contribution in [0.1, 0.15) is 32.4 Å². The molecule has 0 atom stereocenters. The van der Waals surface area contributed by atoms with Crippen LogP contribution in [0, 0.1) is 28.1 Å². The number of nitriles is 2. The van der Waals surface area contributed by atoms with Crippen molar-refractivity contribution in [1.29, 1.82) is 10.5 Å². The van der Waals surface area contributed by atoms with Crippen LogP contribution in [-0.4, -0.2) is 54.5 Å². The number of benzene rings is 2. The van der Waals surface area contributed by atoms with E-state index in [-0.39, 0.29) is 12.8 Å². The lowest BCUT2D eigenvalue weighted by molar-refractivity contribution is 0.0343. The van der Waals surface area contributed by atoms with Gasteiger partial charge >= 0.3 is 7.12 Å². The number of aromatic nitrogens is 4. The molecule has 0 aliphatic carbocycles. The Morgan fingerprint density at radius 2 is 1.30 bits per heavy atom. The van der Waals surface area contributed by atoms with Crippen LogP contribution in [0.5, 0.6) is 11.5 Å². The van der Waals surface area contributed by atoms with Crippen molar-refractivity contribution in [2.24, 2.45) is 5.41 Å². The molecular formula is C38H36BClN6O4. The van der Waals surface area contributed by atoms with Crippen LogP contribution in [0.15, 0.2) is 97.6 Å². The van der Waals surface area contributed by atoms with Crippen molar-refractivity contribution >= 4 is 46.0 Å². The monoisotopic (exact) mass is 686 g/mol. The summed E-state index contributed by atoms with van der Waals surface area (Å²) in [5.41, 5.74) is 5.13. The van der Waals surface area contributed by atoms with Gasteiger partial charge in [-0.2, -0.15) is 10.5 Å². The van der Waals surface area contributed by atoms with Gasteiger partial charge < -0.3 is 18.8 Å². The number of hydrogen-bond donors (Lipinski definition) is 0. The molecule has 0 bridgehead atoms. The van der Waals surface area contributed by atoms with Gasteiger partial charge in [0.05, 0.1) is 42.1 Å². The van der Waals surface area contributed by atoms with Crippen LogP contribution in [-0.2, 0) is 9.31 Å². The van der Waals surface area contributed by atoms with Gasteiger partial charge in [0.2, 0.25) is 0 Å². The van der Waals surface area contributed by atoms with E-state index in [1.54, 1.807) is 51.0 Å². The SMILES string of the molecule is C.CC1(C)COB(c2ccncc2C#N)OC1.COc1ccc2nc(-c3ccncc3C#N)ccc2c1.COc1ccc2nc(Cl)ccc2c1. The summed E-state index contributed by atoms with van der Waals surface area (Å²) in [5.74, 6) is 1.63. The van der Waals surface area contributed by atoms with E-state index in [1.807, 2.05) is 54.6 Å². The van der Waals surface area contributed by atoms with E-state index in [0.29, 0.717) is 29.5 Å². The molecule has 1 fully saturated rings. The first-order chi connectivity index (χ1) is 23.7. The molecule has 252 valence electrons. The third kappa shape index (κ3) is 9.31. The summed E-state index contributed by atoms with van der Waals surface area (Å²) in [6.45, 7) is 5.43. The predicted octanol–water partition coefficient (Wildman–Crippen LogP) is 7.43. The molecule has 0 radical (unpaired) electrons. The molecule has 0 unspecified atom stereocenters. The standard InChI is InChI=1S/C16H11N3O.C11H13BN2O2.C10H8ClNO.CH4/c1-20-13-3-5-15-11(8-13)2-4-16(19-15)14-6-7-18-10-12(14)9-17;1-11(2)7-15-12(16-8-11)10-3-4-14-6-9(10)5-13;1-13-8-3-4-9-7(6-8)2-5-10(11)12-9;/h2-8,10H,1H3;3-4,6H,7-8H2,1-2H3;2-6H,1H3;1H4. The fourth-order valence-corrected chi connectivity index (χ4v) is 5.02. The number of nitrogens with zero attached hydrogens (tertiary/aromatic N) is 6. The Balaban J connectivity index is 0.000000171. The van der Waals surface area contributed by atoms with E-state index in [1.165, 1.54) is 6.20 Å². The Morgan fingerprint density at radius 1 is 0.740 bits per heavy atom. The Hall–Kier alpha value is -5.59. The van der Waals surface area contributed by atoms with Crippen molar-refractivity contribution in [3.63, 3.8) is 0 Å². The maximum atomic E-state index is 9.13. The van der Waals surface area contributed by atoms with Gasteiger partial charge in [-0.15, -0.1) is 0 Å². The van der Waals surface area contributed by atoms with Gasteiger partial charge in [0.25, 0.3) is 0 Å². The Morgan fingerprint density at radius 3 is 1.90 bits per heavy atom. The average molecular weight is 687 g/mol.